The largest absolute Gasteiger partial charge is 0.480 e. The number of aliphatic carboxylic acids is 1. The number of carboxylic acid groups (broad SMARTS) is 1. The number of halogens is 2. The molecule has 1 heterocycles. The summed E-state index contributed by atoms with van der Waals surface area (Å²) in [7, 11) is 0. The van der Waals surface area contributed by atoms with Gasteiger partial charge < -0.3 is 5.11 Å². The maximum Gasteiger partial charge on any atom is 0.320 e. The molecule has 0 aromatic heterocycles. The highest BCUT2D eigenvalue weighted by atomic mass is 79.9. The standard InChI is InChI=1S/C12H13Br2NO2/c13-9-4-3-8(6-10(9)14)7-15-5-1-2-11(15)12(16)17/h3-4,6,11H,1-2,5,7H2,(H,16,17)/t11-/m1/s1. The molecule has 0 spiro atoms. The molecule has 0 aliphatic carbocycles. The first-order valence-electron chi connectivity index (χ1n) is 5.48. The molecule has 1 fully saturated rings. The molecule has 17 heavy (non-hydrogen) atoms. The normalized spacial score (nSPS) is 20.7. The van der Waals surface area contributed by atoms with Gasteiger partial charge in [-0.25, -0.2) is 0 Å². The molecule has 1 N–H and O–H groups in total. The fraction of sp³-hybridized carbons (Fsp3) is 0.417. The minimum atomic E-state index is -0.710. The van der Waals surface area contributed by atoms with Gasteiger partial charge in [-0.1, -0.05) is 6.07 Å². The van der Waals surface area contributed by atoms with Crippen molar-refractivity contribution in [1.29, 1.82) is 0 Å². The van der Waals surface area contributed by atoms with Crippen LogP contribution in [0.1, 0.15) is 18.4 Å². The summed E-state index contributed by atoms with van der Waals surface area (Å²) >= 11 is 6.88. The third-order valence-electron chi connectivity index (χ3n) is 3.02. The third-order valence-corrected chi connectivity index (χ3v) is 4.90. The van der Waals surface area contributed by atoms with Crippen LogP contribution < -0.4 is 0 Å². The Morgan fingerprint density at radius 2 is 2.18 bits per heavy atom. The quantitative estimate of drug-likeness (QED) is 0.897. The molecule has 2 rings (SSSR count). The summed E-state index contributed by atoms with van der Waals surface area (Å²) in [4.78, 5) is 13.1. The van der Waals surface area contributed by atoms with Crippen LogP contribution in [0.4, 0.5) is 0 Å². The molecule has 3 nitrogen and oxygen atoms in total. The van der Waals surface area contributed by atoms with Crippen molar-refractivity contribution in [3.8, 4) is 0 Å². The Morgan fingerprint density at radius 3 is 2.82 bits per heavy atom. The van der Waals surface area contributed by atoms with Gasteiger partial charge in [-0.15, -0.1) is 0 Å². The molecule has 0 bridgehead atoms. The van der Waals surface area contributed by atoms with Crippen molar-refractivity contribution in [2.24, 2.45) is 0 Å². The van der Waals surface area contributed by atoms with E-state index in [9.17, 15) is 4.79 Å². The molecule has 1 aromatic carbocycles. The maximum atomic E-state index is 11.1. The zero-order chi connectivity index (χ0) is 12.4. The number of carbonyl (C=O) groups is 1. The van der Waals surface area contributed by atoms with Crippen molar-refractivity contribution in [1.82, 2.24) is 4.90 Å². The summed E-state index contributed by atoms with van der Waals surface area (Å²) in [6, 6.07) is 5.70. The number of nitrogens with zero attached hydrogens (tertiary/aromatic N) is 1. The SMILES string of the molecule is O=C(O)[C@H]1CCCN1Cc1ccc(Br)c(Br)c1. The molecule has 1 atom stereocenters. The van der Waals surface area contributed by atoms with Crippen LogP contribution in [0.25, 0.3) is 0 Å². The van der Waals surface area contributed by atoms with E-state index in [0.717, 1.165) is 33.9 Å². The van der Waals surface area contributed by atoms with E-state index in [1.807, 2.05) is 23.1 Å². The molecule has 0 radical (unpaired) electrons. The lowest BCUT2D eigenvalue weighted by atomic mass is 10.2. The van der Waals surface area contributed by atoms with Gasteiger partial charge in [0.2, 0.25) is 0 Å². The number of hydrogen-bond acceptors (Lipinski definition) is 2. The van der Waals surface area contributed by atoms with E-state index in [1.54, 1.807) is 0 Å². The highest BCUT2D eigenvalue weighted by Crippen LogP contribution is 2.26. The molecule has 1 aliphatic heterocycles. The summed E-state index contributed by atoms with van der Waals surface area (Å²) in [6.07, 6.45) is 1.72. The van der Waals surface area contributed by atoms with Crippen molar-refractivity contribution in [3.05, 3.63) is 32.7 Å². The molecular formula is C12H13Br2NO2. The highest BCUT2D eigenvalue weighted by molar-refractivity contribution is 9.13. The molecule has 5 heteroatoms. The summed E-state index contributed by atoms with van der Waals surface area (Å²) in [5.74, 6) is -0.710. The molecule has 1 saturated heterocycles. The van der Waals surface area contributed by atoms with Crippen molar-refractivity contribution < 1.29 is 9.90 Å². The van der Waals surface area contributed by atoms with Gasteiger partial charge in [-0.05, 0) is 68.9 Å². The molecule has 0 unspecified atom stereocenters. The summed E-state index contributed by atoms with van der Waals surface area (Å²) in [5.41, 5.74) is 1.13. The minimum Gasteiger partial charge on any atom is -0.480 e. The average Bonchev–Trinajstić information content (AvgIpc) is 2.72. The topological polar surface area (TPSA) is 40.5 Å². The summed E-state index contributed by atoms with van der Waals surface area (Å²) < 4.78 is 2.01. The van der Waals surface area contributed by atoms with Crippen molar-refractivity contribution in [2.45, 2.75) is 25.4 Å². The second-order valence-electron chi connectivity index (χ2n) is 4.22. The lowest BCUT2D eigenvalue weighted by Gasteiger charge is -2.21. The van der Waals surface area contributed by atoms with Gasteiger partial charge in [-0.3, -0.25) is 9.69 Å². The van der Waals surface area contributed by atoms with E-state index < -0.39 is 5.97 Å². The Bertz CT molecular complexity index is 437. The van der Waals surface area contributed by atoms with E-state index in [-0.39, 0.29) is 6.04 Å². The van der Waals surface area contributed by atoms with Crippen molar-refractivity contribution in [2.75, 3.05) is 6.54 Å². The smallest absolute Gasteiger partial charge is 0.320 e. The molecule has 92 valence electrons. The average molecular weight is 363 g/mol. The number of rotatable bonds is 3. The zero-order valence-corrected chi connectivity index (χ0v) is 12.4. The first-order valence-corrected chi connectivity index (χ1v) is 7.07. The second kappa shape index (κ2) is 5.50. The van der Waals surface area contributed by atoms with Gasteiger partial charge in [-0.2, -0.15) is 0 Å². The Morgan fingerprint density at radius 1 is 1.41 bits per heavy atom. The lowest BCUT2D eigenvalue weighted by molar-refractivity contribution is -0.142. The van der Waals surface area contributed by atoms with Crippen LogP contribution in [0.5, 0.6) is 0 Å². The number of benzene rings is 1. The van der Waals surface area contributed by atoms with Crippen LogP contribution in [0.2, 0.25) is 0 Å². The van der Waals surface area contributed by atoms with Gasteiger partial charge >= 0.3 is 5.97 Å². The first-order chi connectivity index (χ1) is 8.08. The van der Waals surface area contributed by atoms with Gasteiger partial charge in [0.15, 0.2) is 0 Å². The van der Waals surface area contributed by atoms with Crippen molar-refractivity contribution in [3.63, 3.8) is 0 Å². The zero-order valence-electron chi connectivity index (χ0n) is 9.20. The van der Waals surface area contributed by atoms with Gasteiger partial charge in [0, 0.05) is 15.5 Å². The predicted octanol–water partition coefficient (Wildman–Crippen LogP) is 3.26. The minimum absolute atomic E-state index is 0.322. The molecule has 1 aromatic rings. The third kappa shape index (κ3) is 3.09. The first kappa shape index (κ1) is 13.1. The van der Waals surface area contributed by atoms with Crippen molar-refractivity contribution >= 4 is 37.8 Å². The second-order valence-corrected chi connectivity index (χ2v) is 5.92. The van der Waals surface area contributed by atoms with E-state index in [0.29, 0.717) is 6.54 Å². The maximum absolute atomic E-state index is 11.1. The Balaban J connectivity index is 2.09. The lowest BCUT2D eigenvalue weighted by Crippen LogP contribution is -2.35. The Hall–Kier alpha value is -0.390. The highest BCUT2D eigenvalue weighted by Gasteiger charge is 2.30. The summed E-state index contributed by atoms with van der Waals surface area (Å²) in [6.45, 7) is 1.56. The molecule has 0 amide bonds. The number of likely N-dealkylation sites (tertiary alicyclic amines) is 1. The van der Waals surface area contributed by atoms with E-state index in [1.165, 1.54) is 0 Å². The summed E-state index contributed by atoms with van der Waals surface area (Å²) in [5, 5.41) is 9.10. The Labute approximate surface area is 117 Å². The monoisotopic (exact) mass is 361 g/mol. The van der Waals surface area contributed by atoms with Crippen LogP contribution in [0, 0.1) is 0 Å². The van der Waals surface area contributed by atoms with Crippen LogP contribution in [0.15, 0.2) is 27.1 Å². The van der Waals surface area contributed by atoms with E-state index in [2.05, 4.69) is 31.9 Å². The fourth-order valence-corrected chi connectivity index (χ4v) is 2.84. The van der Waals surface area contributed by atoms with Crippen LogP contribution in [-0.4, -0.2) is 28.6 Å². The van der Waals surface area contributed by atoms with Gasteiger partial charge in [0.25, 0.3) is 0 Å². The van der Waals surface area contributed by atoms with Gasteiger partial charge in [0.05, 0.1) is 0 Å². The van der Waals surface area contributed by atoms with E-state index >= 15 is 0 Å². The predicted molar refractivity (Wildman–Crippen MR) is 72.9 cm³/mol. The number of hydrogen-bond donors (Lipinski definition) is 1. The fourth-order valence-electron chi connectivity index (χ4n) is 2.17. The molecule has 0 saturated carbocycles. The Kier molecular flexibility index (Phi) is 4.22. The van der Waals surface area contributed by atoms with Crippen LogP contribution >= 0.6 is 31.9 Å². The van der Waals surface area contributed by atoms with Gasteiger partial charge in [0.1, 0.15) is 6.04 Å². The van der Waals surface area contributed by atoms with Crippen LogP contribution in [-0.2, 0) is 11.3 Å². The molecule has 1 aliphatic rings. The van der Waals surface area contributed by atoms with Crippen LogP contribution in [0.3, 0.4) is 0 Å². The number of carboxylic acids is 1. The molecular weight excluding hydrogens is 350 g/mol. The van der Waals surface area contributed by atoms with E-state index in [4.69, 9.17) is 5.11 Å².